The summed E-state index contributed by atoms with van der Waals surface area (Å²) in [7, 11) is 0. The lowest BCUT2D eigenvalue weighted by molar-refractivity contribution is 0.364. The number of anilines is 1. The van der Waals surface area contributed by atoms with Gasteiger partial charge in [0.25, 0.3) is 5.56 Å². The van der Waals surface area contributed by atoms with Crippen LogP contribution in [0.5, 0.6) is 0 Å². The molecule has 0 aliphatic carbocycles. The van der Waals surface area contributed by atoms with Gasteiger partial charge < -0.3 is 10.6 Å². The summed E-state index contributed by atoms with van der Waals surface area (Å²) in [5, 5.41) is 10.9. The van der Waals surface area contributed by atoms with E-state index in [4.69, 9.17) is 0 Å². The number of hydrogen-bond acceptors (Lipinski definition) is 4. The highest BCUT2D eigenvalue weighted by atomic mass is 79.9. The Kier molecular flexibility index (Phi) is 4.42. The molecule has 19 heavy (non-hydrogen) atoms. The van der Waals surface area contributed by atoms with Crippen LogP contribution in [0, 0.1) is 0 Å². The number of nitrogens with zero attached hydrogens (tertiary/aromatic N) is 2. The van der Waals surface area contributed by atoms with E-state index in [0.29, 0.717) is 11.0 Å². The molecule has 0 bridgehead atoms. The molecule has 0 atom stereocenters. The third kappa shape index (κ3) is 3.25. The summed E-state index contributed by atoms with van der Waals surface area (Å²) in [5.41, 5.74) is 0.629. The molecule has 1 fully saturated rings. The van der Waals surface area contributed by atoms with Gasteiger partial charge in [-0.25, -0.2) is 4.68 Å². The molecule has 1 aliphatic heterocycles. The zero-order valence-electron chi connectivity index (χ0n) is 11.1. The molecule has 0 unspecified atom stereocenters. The van der Waals surface area contributed by atoms with Crippen molar-refractivity contribution in [1.82, 2.24) is 15.1 Å². The average molecular weight is 327 g/mol. The van der Waals surface area contributed by atoms with E-state index in [2.05, 4.69) is 45.2 Å². The van der Waals surface area contributed by atoms with Crippen LogP contribution in [0.1, 0.15) is 19.8 Å². The molecule has 2 rings (SSSR count). The van der Waals surface area contributed by atoms with Crippen molar-refractivity contribution in [2.45, 2.75) is 31.8 Å². The van der Waals surface area contributed by atoms with Crippen LogP contribution in [-0.2, 0) is 6.54 Å². The molecular weight excluding hydrogens is 308 g/mol. The van der Waals surface area contributed by atoms with Crippen molar-refractivity contribution in [3.63, 3.8) is 0 Å². The molecule has 1 aromatic heterocycles. The topological polar surface area (TPSA) is 59.0 Å². The van der Waals surface area contributed by atoms with Gasteiger partial charge >= 0.3 is 0 Å². The minimum atomic E-state index is -0.137. The van der Waals surface area contributed by atoms with Crippen molar-refractivity contribution >= 4 is 21.6 Å². The first-order valence-corrected chi connectivity index (χ1v) is 7.20. The number of piperidine rings is 1. The van der Waals surface area contributed by atoms with Gasteiger partial charge in [0.2, 0.25) is 0 Å². The van der Waals surface area contributed by atoms with Crippen molar-refractivity contribution in [2.24, 2.45) is 0 Å². The molecule has 0 radical (unpaired) electrons. The van der Waals surface area contributed by atoms with Crippen LogP contribution in [0.15, 0.2) is 28.1 Å². The first-order valence-electron chi connectivity index (χ1n) is 6.41. The molecular formula is C13H19BrN4O. The van der Waals surface area contributed by atoms with Gasteiger partial charge in [-0.1, -0.05) is 6.08 Å². The van der Waals surface area contributed by atoms with Gasteiger partial charge in [-0.15, -0.1) is 6.58 Å². The minimum absolute atomic E-state index is 0.00646. The fourth-order valence-electron chi connectivity index (χ4n) is 2.23. The van der Waals surface area contributed by atoms with Gasteiger partial charge in [0.1, 0.15) is 4.47 Å². The highest BCUT2D eigenvalue weighted by molar-refractivity contribution is 9.10. The quantitative estimate of drug-likeness (QED) is 0.827. The molecule has 1 saturated heterocycles. The van der Waals surface area contributed by atoms with Gasteiger partial charge in [0, 0.05) is 5.54 Å². The second-order valence-electron chi connectivity index (χ2n) is 5.08. The lowest BCUT2D eigenvalue weighted by Crippen LogP contribution is -2.45. The van der Waals surface area contributed by atoms with E-state index < -0.39 is 0 Å². The van der Waals surface area contributed by atoms with Gasteiger partial charge in [0.15, 0.2) is 0 Å². The van der Waals surface area contributed by atoms with Crippen molar-refractivity contribution in [2.75, 3.05) is 18.4 Å². The Morgan fingerprint density at radius 3 is 2.95 bits per heavy atom. The highest BCUT2D eigenvalue weighted by Gasteiger charge is 2.27. The van der Waals surface area contributed by atoms with E-state index in [1.54, 1.807) is 12.3 Å². The summed E-state index contributed by atoms with van der Waals surface area (Å²) in [6, 6.07) is 0. The molecule has 0 spiro atoms. The smallest absolute Gasteiger partial charge is 0.283 e. The standard InChI is InChI=1S/C13H19BrN4O/c1-3-8-18-12(19)11(14)10(9-16-18)17-13(2)4-6-15-7-5-13/h3,9,15,17H,1,4-8H2,2H3. The lowest BCUT2D eigenvalue weighted by atomic mass is 9.90. The van der Waals surface area contributed by atoms with Crippen LogP contribution < -0.4 is 16.2 Å². The van der Waals surface area contributed by atoms with Crippen LogP contribution in [0.2, 0.25) is 0 Å². The molecule has 0 aromatic carbocycles. The SMILES string of the molecule is C=CCn1ncc(NC2(C)CCNCC2)c(Br)c1=O. The third-order valence-corrected chi connectivity index (χ3v) is 4.20. The lowest BCUT2D eigenvalue weighted by Gasteiger charge is -2.36. The first kappa shape index (κ1) is 14.3. The average Bonchev–Trinajstić information content (AvgIpc) is 2.39. The molecule has 5 nitrogen and oxygen atoms in total. The third-order valence-electron chi connectivity index (χ3n) is 3.43. The summed E-state index contributed by atoms with van der Waals surface area (Å²) in [4.78, 5) is 12.1. The predicted octanol–water partition coefficient (Wildman–Crippen LogP) is 1.75. The number of allylic oxidation sites excluding steroid dienone is 1. The van der Waals surface area contributed by atoms with Gasteiger partial charge in [-0.3, -0.25) is 4.79 Å². The van der Waals surface area contributed by atoms with E-state index in [9.17, 15) is 4.79 Å². The number of hydrogen-bond donors (Lipinski definition) is 2. The van der Waals surface area contributed by atoms with E-state index in [0.717, 1.165) is 31.6 Å². The Balaban J connectivity index is 2.23. The highest BCUT2D eigenvalue weighted by Crippen LogP contribution is 2.26. The summed E-state index contributed by atoms with van der Waals surface area (Å²) >= 11 is 3.37. The number of aromatic nitrogens is 2. The van der Waals surface area contributed by atoms with Crippen LogP contribution in [0.4, 0.5) is 5.69 Å². The minimum Gasteiger partial charge on any atom is -0.377 e. The van der Waals surface area contributed by atoms with Gasteiger partial charge in [0.05, 0.1) is 18.4 Å². The van der Waals surface area contributed by atoms with Crippen LogP contribution >= 0.6 is 15.9 Å². The van der Waals surface area contributed by atoms with Gasteiger partial charge in [-0.05, 0) is 48.8 Å². The zero-order valence-corrected chi connectivity index (χ0v) is 12.7. The van der Waals surface area contributed by atoms with E-state index in [1.807, 2.05) is 0 Å². The number of rotatable bonds is 4. The fraction of sp³-hybridized carbons (Fsp3) is 0.538. The normalized spacial score (nSPS) is 18.0. The fourth-order valence-corrected chi connectivity index (χ4v) is 2.64. The zero-order chi connectivity index (χ0) is 13.9. The molecule has 0 saturated carbocycles. The van der Waals surface area contributed by atoms with Crippen LogP contribution in [-0.4, -0.2) is 28.4 Å². The molecule has 1 aliphatic rings. The number of nitrogens with one attached hydrogen (secondary N) is 2. The maximum Gasteiger partial charge on any atom is 0.283 e. The summed E-state index contributed by atoms with van der Waals surface area (Å²) < 4.78 is 1.91. The van der Waals surface area contributed by atoms with Crippen molar-refractivity contribution in [3.05, 3.63) is 33.7 Å². The second kappa shape index (κ2) is 5.88. The molecule has 104 valence electrons. The molecule has 2 N–H and O–H groups in total. The largest absolute Gasteiger partial charge is 0.377 e. The molecule has 6 heteroatoms. The molecule has 1 aromatic rings. The predicted molar refractivity (Wildman–Crippen MR) is 80.5 cm³/mol. The summed E-state index contributed by atoms with van der Waals surface area (Å²) in [6.45, 7) is 8.18. The number of halogens is 1. The van der Waals surface area contributed by atoms with E-state index >= 15 is 0 Å². The summed E-state index contributed by atoms with van der Waals surface area (Å²) in [5.74, 6) is 0. The maximum atomic E-state index is 12.1. The van der Waals surface area contributed by atoms with Gasteiger partial charge in [-0.2, -0.15) is 5.10 Å². The summed E-state index contributed by atoms with van der Waals surface area (Å²) in [6.07, 6.45) is 5.40. The monoisotopic (exact) mass is 326 g/mol. The van der Waals surface area contributed by atoms with Crippen molar-refractivity contribution < 1.29 is 0 Å². The van der Waals surface area contributed by atoms with Crippen molar-refractivity contribution in [1.29, 1.82) is 0 Å². The maximum absolute atomic E-state index is 12.1. The Labute approximate surface area is 121 Å². The van der Waals surface area contributed by atoms with Crippen molar-refractivity contribution in [3.8, 4) is 0 Å². The molecule has 2 heterocycles. The first-order chi connectivity index (χ1) is 9.06. The Morgan fingerprint density at radius 2 is 2.32 bits per heavy atom. The molecule has 0 amide bonds. The van der Waals surface area contributed by atoms with E-state index in [-0.39, 0.29) is 11.1 Å². The Morgan fingerprint density at radius 1 is 1.63 bits per heavy atom. The Hall–Kier alpha value is -1.14. The van der Waals surface area contributed by atoms with Crippen LogP contribution in [0.25, 0.3) is 0 Å². The van der Waals surface area contributed by atoms with Crippen LogP contribution in [0.3, 0.4) is 0 Å². The second-order valence-corrected chi connectivity index (χ2v) is 5.88. The van der Waals surface area contributed by atoms with E-state index in [1.165, 1.54) is 4.68 Å². The Bertz CT molecular complexity index is 520.